The average Bonchev–Trinajstić information content (AvgIpc) is 3.32. The fourth-order valence-corrected chi connectivity index (χ4v) is 4.23. The van der Waals surface area contributed by atoms with Crippen LogP contribution in [-0.4, -0.2) is 54.8 Å². The quantitative estimate of drug-likeness (QED) is 0.410. The van der Waals surface area contributed by atoms with Gasteiger partial charge < -0.3 is 24.1 Å². The monoisotopic (exact) mass is 474 g/mol. The lowest BCUT2D eigenvalue weighted by molar-refractivity contribution is 0.0977. The summed E-state index contributed by atoms with van der Waals surface area (Å²) in [6.07, 6.45) is 2.49. The molecule has 0 fully saturated rings. The number of rotatable bonds is 7. The van der Waals surface area contributed by atoms with Crippen LogP contribution in [0.5, 0.6) is 17.2 Å². The molecule has 1 aliphatic rings. The number of carbonyl (C=O) groups excluding carboxylic acids is 1. The van der Waals surface area contributed by atoms with E-state index < -0.39 is 0 Å². The zero-order chi connectivity index (χ0) is 24.5. The zero-order valence-corrected chi connectivity index (χ0v) is 19.8. The maximum Gasteiger partial charge on any atom is 0.274 e. The van der Waals surface area contributed by atoms with Gasteiger partial charge in [0.1, 0.15) is 23.6 Å². The molecule has 1 aliphatic heterocycles. The van der Waals surface area contributed by atoms with Crippen LogP contribution in [0.15, 0.2) is 53.5 Å². The fourth-order valence-electron chi connectivity index (χ4n) is 4.23. The molecule has 0 unspecified atom stereocenters. The molecule has 2 aromatic carbocycles. The summed E-state index contributed by atoms with van der Waals surface area (Å²) in [4.78, 5) is 30.7. The summed E-state index contributed by atoms with van der Waals surface area (Å²) in [6, 6.07) is 12.9. The van der Waals surface area contributed by atoms with Gasteiger partial charge in [-0.15, -0.1) is 0 Å². The Bertz CT molecular complexity index is 1470. The molecule has 0 atom stereocenters. The van der Waals surface area contributed by atoms with E-state index in [1.54, 1.807) is 20.4 Å². The Morgan fingerprint density at radius 1 is 1.11 bits per heavy atom. The van der Waals surface area contributed by atoms with Gasteiger partial charge in [0.2, 0.25) is 0 Å². The van der Waals surface area contributed by atoms with E-state index >= 15 is 0 Å². The van der Waals surface area contributed by atoms with E-state index in [9.17, 15) is 9.59 Å². The van der Waals surface area contributed by atoms with Gasteiger partial charge in [0.15, 0.2) is 17.3 Å². The molecule has 0 aliphatic carbocycles. The Morgan fingerprint density at radius 2 is 1.94 bits per heavy atom. The van der Waals surface area contributed by atoms with Gasteiger partial charge >= 0.3 is 0 Å². The zero-order valence-electron chi connectivity index (χ0n) is 19.8. The number of hydrogen-bond donors (Lipinski definition) is 1. The molecule has 0 spiro atoms. The number of hydrogen-bond acceptors (Lipinski definition) is 7. The minimum Gasteiger partial charge on any atom is -0.493 e. The first-order valence-electron chi connectivity index (χ1n) is 11.3. The van der Waals surface area contributed by atoms with E-state index in [0.717, 1.165) is 29.1 Å². The van der Waals surface area contributed by atoms with E-state index in [4.69, 9.17) is 14.2 Å². The van der Waals surface area contributed by atoms with Crippen molar-refractivity contribution in [1.82, 2.24) is 14.6 Å². The van der Waals surface area contributed by atoms with Crippen molar-refractivity contribution < 1.29 is 19.0 Å². The van der Waals surface area contributed by atoms with Crippen LogP contribution >= 0.6 is 0 Å². The van der Waals surface area contributed by atoms with Crippen molar-refractivity contribution in [2.24, 2.45) is 0 Å². The van der Waals surface area contributed by atoms with Gasteiger partial charge in [-0.1, -0.05) is 6.07 Å². The SMILES string of the molecule is COc1ccc(CCC(=O)c2cc3c(=O)[nH]c(-c4ccc5c(c4)N(C)CCO5)cn3n2)cc1OC. The van der Waals surface area contributed by atoms with Crippen molar-refractivity contribution in [3.8, 4) is 28.5 Å². The first kappa shape index (κ1) is 22.5. The predicted octanol–water partition coefficient (Wildman–Crippen LogP) is 3.35. The molecule has 3 heterocycles. The number of aromatic nitrogens is 3. The van der Waals surface area contributed by atoms with Crippen LogP contribution in [-0.2, 0) is 6.42 Å². The van der Waals surface area contributed by atoms with E-state index in [-0.39, 0.29) is 23.5 Å². The summed E-state index contributed by atoms with van der Waals surface area (Å²) in [6.45, 7) is 1.43. The third-order valence-corrected chi connectivity index (χ3v) is 6.21. The number of anilines is 1. The molecular weight excluding hydrogens is 448 g/mol. The highest BCUT2D eigenvalue weighted by Crippen LogP contribution is 2.34. The lowest BCUT2D eigenvalue weighted by Gasteiger charge is -2.28. The minimum absolute atomic E-state index is 0.142. The van der Waals surface area contributed by atoms with Gasteiger partial charge in [0.05, 0.1) is 38.3 Å². The highest BCUT2D eigenvalue weighted by molar-refractivity contribution is 5.95. The molecule has 180 valence electrons. The molecule has 0 amide bonds. The number of Topliss-reactive ketones (excluding diaryl/α,β-unsaturated/α-hetero) is 1. The number of carbonyl (C=O) groups is 1. The topological polar surface area (TPSA) is 98.2 Å². The number of ketones is 1. The van der Waals surface area contributed by atoms with Crippen molar-refractivity contribution in [3.63, 3.8) is 0 Å². The molecule has 0 saturated carbocycles. The molecule has 0 radical (unpaired) electrons. The van der Waals surface area contributed by atoms with Crippen LogP contribution in [0.1, 0.15) is 22.5 Å². The standard InChI is InChI=1S/C26H26N4O5/c1-29-10-11-35-23-9-6-17(13-20(23)29)19-15-30-21(26(32)27-19)14-18(28-30)22(31)7-4-16-5-8-24(33-2)25(12-16)34-3/h5-6,8-9,12-15H,4,7,10-11H2,1-3H3,(H,27,32). The maximum absolute atomic E-state index is 12.9. The number of ether oxygens (including phenoxy) is 3. The Morgan fingerprint density at radius 3 is 2.74 bits per heavy atom. The highest BCUT2D eigenvalue weighted by atomic mass is 16.5. The predicted molar refractivity (Wildman–Crippen MR) is 132 cm³/mol. The highest BCUT2D eigenvalue weighted by Gasteiger charge is 2.18. The first-order valence-corrected chi connectivity index (χ1v) is 11.3. The Balaban J connectivity index is 1.38. The Kier molecular flexibility index (Phi) is 5.90. The molecule has 9 heteroatoms. The normalized spacial score (nSPS) is 12.8. The molecule has 0 saturated heterocycles. The number of nitrogens with zero attached hydrogens (tertiary/aromatic N) is 3. The minimum atomic E-state index is -0.309. The average molecular weight is 475 g/mol. The van der Waals surface area contributed by atoms with Crippen molar-refractivity contribution in [3.05, 3.63) is 70.3 Å². The number of likely N-dealkylation sites (N-methyl/N-ethyl adjacent to an activating group) is 1. The summed E-state index contributed by atoms with van der Waals surface area (Å²) in [5, 5.41) is 4.40. The molecule has 2 aromatic heterocycles. The number of fused-ring (bicyclic) bond motifs is 2. The molecule has 0 bridgehead atoms. The lowest BCUT2D eigenvalue weighted by atomic mass is 10.1. The van der Waals surface area contributed by atoms with Crippen molar-refractivity contribution >= 4 is 17.0 Å². The number of H-pyrrole nitrogens is 1. The van der Waals surface area contributed by atoms with Crippen LogP contribution in [0.2, 0.25) is 0 Å². The summed E-state index contributed by atoms with van der Waals surface area (Å²) < 4.78 is 17.8. The lowest BCUT2D eigenvalue weighted by Crippen LogP contribution is -2.28. The van der Waals surface area contributed by atoms with Crippen LogP contribution in [0.4, 0.5) is 5.69 Å². The van der Waals surface area contributed by atoms with Gasteiger partial charge in [-0.2, -0.15) is 5.10 Å². The number of benzene rings is 2. The fraction of sp³-hybridized carbons (Fsp3) is 0.269. The second-order valence-corrected chi connectivity index (χ2v) is 8.42. The molecule has 35 heavy (non-hydrogen) atoms. The van der Waals surface area contributed by atoms with E-state index in [1.165, 1.54) is 10.6 Å². The van der Waals surface area contributed by atoms with Crippen molar-refractivity contribution in [1.29, 1.82) is 0 Å². The van der Waals surface area contributed by atoms with E-state index in [0.29, 0.717) is 35.7 Å². The molecular formula is C26H26N4O5. The smallest absolute Gasteiger partial charge is 0.274 e. The van der Waals surface area contributed by atoms with Crippen LogP contribution in [0, 0.1) is 0 Å². The summed E-state index contributed by atoms with van der Waals surface area (Å²) in [5.41, 5.74) is 3.61. The second kappa shape index (κ2) is 9.17. The molecule has 4 aromatic rings. The van der Waals surface area contributed by atoms with Crippen LogP contribution in [0.25, 0.3) is 16.8 Å². The van der Waals surface area contributed by atoms with Crippen LogP contribution < -0.4 is 24.7 Å². The van der Waals surface area contributed by atoms with Crippen LogP contribution in [0.3, 0.4) is 0 Å². The Hall–Kier alpha value is -4.27. The summed E-state index contributed by atoms with van der Waals surface area (Å²) in [7, 11) is 5.16. The van der Waals surface area contributed by atoms with Gasteiger partial charge in [0, 0.05) is 25.1 Å². The molecule has 5 rings (SSSR count). The first-order chi connectivity index (χ1) is 17.0. The number of methoxy groups -OCH3 is 2. The van der Waals surface area contributed by atoms with Gasteiger partial charge in [-0.05, 0) is 42.3 Å². The third kappa shape index (κ3) is 4.32. The van der Waals surface area contributed by atoms with E-state index in [1.807, 2.05) is 43.4 Å². The third-order valence-electron chi connectivity index (χ3n) is 6.21. The number of nitrogens with one attached hydrogen (secondary N) is 1. The summed E-state index contributed by atoms with van der Waals surface area (Å²) in [5.74, 6) is 1.92. The maximum atomic E-state index is 12.9. The largest absolute Gasteiger partial charge is 0.493 e. The number of aryl methyl sites for hydroxylation is 1. The Labute approximate surface area is 201 Å². The van der Waals surface area contributed by atoms with Crippen molar-refractivity contribution in [2.75, 3.05) is 39.3 Å². The number of aromatic amines is 1. The van der Waals surface area contributed by atoms with Crippen molar-refractivity contribution in [2.45, 2.75) is 12.8 Å². The second-order valence-electron chi connectivity index (χ2n) is 8.42. The van der Waals surface area contributed by atoms with Gasteiger partial charge in [0.25, 0.3) is 5.56 Å². The molecule has 9 nitrogen and oxygen atoms in total. The molecule has 1 N–H and O–H groups in total. The van der Waals surface area contributed by atoms with E-state index in [2.05, 4.69) is 15.0 Å². The van der Waals surface area contributed by atoms with Gasteiger partial charge in [-0.3, -0.25) is 9.59 Å². The summed E-state index contributed by atoms with van der Waals surface area (Å²) >= 11 is 0. The van der Waals surface area contributed by atoms with Gasteiger partial charge in [-0.25, -0.2) is 4.52 Å².